The SMILES string of the molecule is CCOc1ccc(C(=O)OC)c(C)c1F. The summed E-state index contributed by atoms with van der Waals surface area (Å²) in [4.78, 5) is 11.2. The second-order valence-corrected chi connectivity index (χ2v) is 2.97. The van der Waals surface area contributed by atoms with Crippen LogP contribution in [0.1, 0.15) is 22.8 Å². The van der Waals surface area contributed by atoms with E-state index in [2.05, 4.69) is 4.74 Å². The average Bonchev–Trinajstić information content (AvgIpc) is 2.24. The molecule has 0 bridgehead atoms. The van der Waals surface area contributed by atoms with Crippen molar-refractivity contribution in [2.45, 2.75) is 13.8 Å². The molecule has 0 fully saturated rings. The van der Waals surface area contributed by atoms with Gasteiger partial charge in [0.15, 0.2) is 11.6 Å². The molecule has 0 unspecified atom stereocenters. The number of carbonyl (C=O) groups excluding carboxylic acids is 1. The zero-order valence-electron chi connectivity index (χ0n) is 8.96. The van der Waals surface area contributed by atoms with Crippen LogP contribution in [0, 0.1) is 12.7 Å². The fraction of sp³-hybridized carbons (Fsp3) is 0.364. The van der Waals surface area contributed by atoms with Gasteiger partial charge >= 0.3 is 5.97 Å². The summed E-state index contributed by atoms with van der Waals surface area (Å²) < 4.78 is 23.2. The summed E-state index contributed by atoms with van der Waals surface area (Å²) in [5, 5.41) is 0. The Hall–Kier alpha value is -1.58. The first-order valence-electron chi connectivity index (χ1n) is 4.62. The topological polar surface area (TPSA) is 35.5 Å². The average molecular weight is 212 g/mol. The molecule has 15 heavy (non-hydrogen) atoms. The number of hydrogen-bond donors (Lipinski definition) is 0. The van der Waals surface area contributed by atoms with Gasteiger partial charge in [-0.15, -0.1) is 0 Å². The summed E-state index contributed by atoms with van der Waals surface area (Å²) in [7, 11) is 1.26. The number of esters is 1. The van der Waals surface area contributed by atoms with Crippen LogP contribution in [-0.4, -0.2) is 19.7 Å². The summed E-state index contributed by atoms with van der Waals surface area (Å²) in [6.07, 6.45) is 0. The molecule has 0 atom stereocenters. The molecule has 0 radical (unpaired) electrons. The number of halogens is 1. The van der Waals surface area contributed by atoms with Gasteiger partial charge in [-0.25, -0.2) is 9.18 Å². The third-order valence-electron chi connectivity index (χ3n) is 2.06. The standard InChI is InChI=1S/C11H13FO3/c1-4-15-9-6-5-8(11(13)14-3)7(2)10(9)12/h5-6H,4H2,1-3H3. The monoisotopic (exact) mass is 212 g/mol. The van der Waals surface area contributed by atoms with Gasteiger partial charge < -0.3 is 9.47 Å². The van der Waals surface area contributed by atoms with E-state index in [-0.39, 0.29) is 16.9 Å². The molecular weight excluding hydrogens is 199 g/mol. The van der Waals surface area contributed by atoms with E-state index < -0.39 is 11.8 Å². The van der Waals surface area contributed by atoms with Crippen LogP contribution in [0.25, 0.3) is 0 Å². The fourth-order valence-electron chi connectivity index (χ4n) is 1.26. The van der Waals surface area contributed by atoms with Gasteiger partial charge in [0.2, 0.25) is 0 Å². The van der Waals surface area contributed by atoms with Crippen molar-refractivity contribution < 1.29 is 18.7 Å². The first-order chi connectivity index (χ1) is 7.11. The van der Waals surface area contributed by atoms with E-state index in [4.69, 9.17) is 4.74 Å². The maximum Gasteiger partial charge on any atom is 0.338 e. The largest absolute Gasteiger partial charge is 0.491 e. The molecule has 3 nitrogen and oxygen atoms in total. The van der Waals surface area contributed by atoms with E-state index in [0.29, 0.717) is 6.61 Å². The minimum Gasteiger partial charge on any atom is -0.491 e. The molecule has 1 rings (SSSR count). The third kappa shape index (κ3) is 2.26. The molecular formula is C11H13FO3. The van der Waals surface area contributed by atoms with Crippen molar-refractivity contribution in [3.05, 3.63) is 29.1 Å². The zero-order chi connectivity index (χ0) is 11.4. The summed E-state index contributed by atoms with van der Waals surface area (Å²) in [6, 6.07) is 2.92. The predicted molar refractivity (Wildman–Crippen MR) is 53.6 cm³/mol. The Morgan fingerprint density at radius 1 is 1.47 bits per heavy atom. The van der Waals surface area contributed by atoms with Crippen molar-refractivity contribution in [1.29, 1.82) is 0 Å². The number of methoxy groups -OCH3 is 1. The number of carbonyl (C=O) groups is 1. The molecule has 1 aromatic carbocycles. The number of benzene rings is 1. The highest BCUT2D eigenvalue weighted by molar-refractivity contribution is 5.91. The summed E-state index contributed by atoms with van der Waals surface area (Å²) in [5.74, 6) is -0.906. The fourth-order valence-corrected chi connectivity index (χ4v) is 1.26. The lowest BCUT2D eigenvalue weighted by molar-refractivity contribution is 0.0599. The van der Waals surface area contributed by atoms with Crippen molar-refractivity contribution in [3.8, 4) is 5.75 Å². The van der Waals surface area contributed by atoms with Crippen LogP contribution >= 0.6 is 0 Å². The second kappa shape index (κ2) is 4.77. The van der Waals surface area contributed by atoms with Crippen LogP contribution in [-0.2, 0) is 4.74 Å². The van der Waals surface area contributed by atoms with Crippen LogP contribution in [0.5, 0.6) is 5.75 Å². The lowest BCUT2D eigenvalue weighted by Crippen LogP contribution is -2.06. The Balaban J connectivity index is 3.15. The van der Waals surface area contributed by atoms with Gasteiger partial charge in [0.25, 0.3) is 0 Å². The van der Waals surface area contributed by atoms with Gasteiger partial charge in [-0.1, -0.05) is 0 Å². The van der Waals surface area contributed by atoms with E-state index >= 15 is 0 Å². The molecule has 1 aromatic rings. The molecule has 0 aliphatic rings. The first kappa shape index (κ1) is 11.5. The van der Waals surface area contributed by atoms with Gasteiger partial charge in [0.1, 0.15) is 0 Å². The normalized spacial score (nSPS) is 9.87. The van der Waals surface area contributed by atoms with E-state index in [1.165, 1.54) is 26.2 Å². The van der Waals surface area contributed by atoms with Gasteiger partial charge in [-0.2, -0.15) is 0 Å². The Labute approximate surface area is 87.8 Å². The highest BCUT2D eigenvalue weighted by atomic mass is 19.1. The summed E-state index contributed by atoms with van der Waals surface area (Å²) in [6.45, 7) is 3.67. The summed E-state index contributed by atoms with van der Waals surface area (Å²) >= 11 is 0. The summed E-state index contributed by atoms with van der Waals surface area (Å²) in [5.41, 5.74) is 0.464. The highest BCUT2D eigenvalue weighted by Crippen LogP contribution is 2.23. The molecule has 0 saturated carbocycles. The van der Waals surface area contributed by atoms with Crippen molar-refractivity contribution in [3.63, 3.8) is 0 Å². The van der Waals surface area contributed by atoms with Crippen molar-refractivity contribution in [2.75, 3.05) is 13.7 Å². The zero-order valence-corrected chi connectivity index (χ0v) is 8.96. The Morgan fingerprint density at radius 2 is 2.13 bits per heavy atom. The highest BCUT2D eigenvalue weighted by Gasteiger charge is 2.15. The maximum atomic E-state index is 13.6. The molecule has 4 heteroatoms. The molecule has 0 amide bonds. The minimum atomic E-state index is -0.547. The Kier molecular flexibility index (Phi) is 3.66. The predicted octanol–water partition coefficient (Wildman–Crippen LogP) is 2.32. The van der Waals surface area contributed by atoms with E-state index in [1.807, 2.05) is 0 Å². The van der Waals surface area contributed by atoms with Gasteiger partial charge in [0, 0.05) is 5.56 Å². The van der Waals surface area contributed by atoms with Crippen LogP contribution in [0.2, 0.25) is 0 Å². The number of hydrogen-bond acceptors (Lipinski definition) is 3. The van der Waals surface area contributed by atoms with Crippen molar-refractivity contribution >= 4 is 5.97 Å². The van der Waals surface area contributed by atoms with Gasteiger partial charge in [-0.05, 0) is 26.0 Å². The van der Waals surface area contributed by atoms with E-state index in [0.717, 1.165) is 0 Å². The molecule has 0 heterocycles. The molecule has 0 aliphatic heterocycles. The van der Waals surface area contributed by atoms with Crippen molar-refractivity contribution in [2.24, 2.45) is 0 Å². The Bertz CT molecular complexity index is 374. The van der Waals surface area contributed by atoms with Gasteiger partial charge in [0.05, 0.1) is 19.3 Å². The molecule has 0 spiro atoms. The van der Waals surface area contributed by atoms with Crippen molar-refractivity contribution in [1.82, 2.24) is 0 Å². The van der Waals surface area contributed by atoms with Crippen LogP contribution in [0.3, 0.4) is 0 Å². The maximum absolute atomic E-state index is 13.6. The lowest BCUT2D eigenvalue weighted by atomic mass is 10.1. The van der Waals surface area contributed by atoms with E-state index in [1.54, 1.807) is 6.92 Å². The molecule has 0 N–H and O–H groups in total. The molecule has 0 saturated heterocycles. The second-order valence-electron chi connectivity index (χ2n) is 2.97. The minimum absolute atomic E-state index is 0.155. The molecule has 82 valence electrons. The smallest absolute Gasteiger partial charge is 0.338 e. The molecule has 0 aromatic heterocycles. The van der Waals surface area contributed by atoms with Crippen LogP contribution < -0.4 is 4.74 Å². The third-order valence-corrected chi connectivity index (χ3v) is 2.06. The van der Waals surface area contributed by atoms with Crippen LogP contribution in [0.4, 0.5) is 4.39 Å². The van der Waals surface area contributed by atoms with E-state index in [9.17, 15) is 9.18 Å². The lowest BCUT2D eigenvalue weighted by Gasteiger charge is -2.09. The Morgan fingerprint density at radius 3 is 2.67 bits per heavy atom. The van der Waals surface area contributed by atoms with Crippen LogP contribution in [0.15, 0.2) is 12.1 Å². The van der Waals surface area contributed by atoms with Gasteiger partial charge in [-0.3, -0.25) is 0 Å². The quantitative estimate of drug-likeness (QED) is 0.721. The number of ether oxygens (including phenoxy) is 2. The first-order valence-corrected chi connectivity index (χ1v) is 4.62. The molecule has 0 aliphatic carbocycles. The number of rotatable bonds is 3.